The summed E-state index contributed by atoms with van der Waals surface area (Å²) in [5.74, 6) is 1.33. The van der Waals surface area contributed by atoms with Crippen LogP contribution in [0.4, 0.5) is 5.69 Å². The number of nitrogens with one attached hydrogen (secondary N) is 2. The summed E-state index contributed by atoms with van der Waals surface area (Å²) in [6.45, 7) is 5.75. The molecule has 168 valence electrons. The fourth-order valence-electron chi connectivity index (χ4n) is 2.90. The third-order valence-corrected chi connectivity index (χ3v) is 4.94. The minimum absolute atomic E-state index is 0.247. The van der Waals surface area contributed by atoms with E-state index in [2.05, 4.69) is 24.5 Å². The van der Waals surface area contributed by atoms with Crippen molar-refractivity contribution in [1.29, 1.82) is 0 Å². The molecule has 0 saturated heterocycles. The van der Waals surface area contributed by atoms with Gasteiger partial charge in [-0.05, 0) is 73.6 Å². The van der Waals surface area contributed by atoms with Crippen molar-refractivity contribution in [1.82, 2.24) is 5.32 Å². The van der Waals surface area contributed by atoms with Crippen LogP contribution in [0.15, 0.2) is 48.5 Å². The van der Waals surface area contributed by atoms with Gasteiger partial charge in [-0.15, -0.1) is 0 Å². The third-order valence-electron chi connectivity index (χ3n) is 4.74. The fourth-order valence-corrected chi connectivity index (χ4v) is 3.12. The van der Waals surface area contributed by atoms with Crippen molar-refractivity contribution in [3.05, 3.63) is 54.1 Å². The second kappa shape index (κ2) is 14.4. The van der Waals surface area contributed by atoms with E-state index in [4.69, 9.17) is 21.7 Å². The maximum Gasteiger partial charge on any atom is 0.257 e. The third kappa shape index (κ3) is 9.83. The second-order valence-corrected chi connectivity index (χ2v) is 7.83. The largest absolute Gasteiger partial charge is 0.494 e. The van der Waals surface area contributed by atoms with E-state index in [1.807, 2.05) is 36.4 Å². The van der Waals surface area contributed by atoms with E-state index < -0.39 is 0 Å². The second-order valence-electron chi connectivity index (χ2n) is 7.42. The Morgan fingerprint density at radius 2 is 1.32 bits per heavy atom. The Morgan fingerprint density at radius 1 is 0.774 bits per heavy atom. The van der Waals surface area contributed by atoms with Crippen molar-refractivity contribution in [2.24, 2.45) is 0 Å². The molecule has 0 fully saturated rings. The van der Waals surface area contributed by atoms with Gasteiger partial charge in [-0.2, -0.15) is 0 Å². The van der Waals surface area contributed by atoms with Crippen molar-refractivity contribution in [2.75, 3.05) is 18.5 Å². The molecule has 1 amide bonds. The first kappa shape index (κ1) is 24.7. The summed E-state index contributed by atoms with van der Waals surface area (Å²) in [5.41, 5.74) is 1.31. The van der Waals surface area contributed by atoms with Crippen LogP contribution in [0, 0.1) is 0 Å². The summed E-state index contributed by atoms with van der Waals surface area (Å²) in [7, 11) is 0. The molecule has 0 heterocycles. The number of anilines is 1. The van der Waals surface area contributed by atoms with Gasteiger partial charge in [0.1, 0.15) is 11.5 Å². The number of thiocarbonyl (C=S) groups is 1. The molecule has 0 bridgehead atoms. The van der Waals surface area contributed by atoms with Crippen LogP contribution in [0.5, 0.6) is 11.5 Å². The van der Waals surface area contributed by atoms with Crippen LogP contribution in [0.3, 0.4) is 0 Å². The van der Waals surface area contributed by atoms with E-state index in [0.717, 1.165) is 36.4 Å². The molecule has 0 radical (unpaired) electrons. The normalized spacial score (nSPS) is 10.4. The molecular formula is C25H34N2O3S. The average molecular weight is 443 g/mol. The maximum absolute atomic E-state index is 12.4. The van der Waals surface area contributed by atoms with Gasteiger partial charge in [-0.25, -0.2) is 0 Å². The monoisotopic (exact) mass is 442 g/mol. The lowest BCUT2D eigenvalue weighted by atomic mass is 10.2. The molecule has 0 atom stereocenters. The van der Waals surface area contributed by atoms with Crippen molar-refractivity contribution in [3.63, 3.8) is 0 Å². The quantitative estimate of drug-likeness (QED) is 0.280. The van der Waals surface area contributed by atoms with Gasteiger partial charge >= 0.3 is 0 Å². The first-order chi connectivity index (χ1) is 15.1. The lowest BCUT2D eigenvalue weighted by molar-refractivity contribution is 0.0977. The lowest BCUT2D eigenvalue weighted by Crippen LogP contribution is -2.34. The Balaban J connectivity index is 1.73. The SMILES string of the molecule is CCCCCCCOc1ccc(C(=O)NC(=S)Nc2ccc(OCCCC)cc2)cc1. The zero-order chi connectivity index (χ0) is 22.3. The van der Waals surface area contributed by atoms with Crippen LogP contribution in [0.1, 0.15) is 69.2 Å². The summed E-state index contributed by atoms with van der Waals surface area (Å²) in [4.78, 5) is 12.4. The number of ether oxygens (including phenoxy) is 2. The van der Waals surface area contributed by atoms with E-state index in [1.165, 1.54) is 25.7 Å². The highest BCUT2D eigenvalue weighted by atomic mass is 32.1. The first-order valence-corrected chi connectivity index (χ1v) is 11.6. The Bertz CT molecular complexity index is 791. The minimum atomic E-state index is -0.261. The molecule has 2 aromatic carbocycles. The number of benzene rings is 2. The highest BCUT2D eigenvalue weighted by Crippen LogP contribution is 2.16. The summed E-state index contributed by atoms with van der Waals surface area (Å²) >= 11 is 5.26. The molecule has 0 aliphatic rings. The van der Waals surface area contributed by atoms with Crippen LogP contribution in [-0.2, 0) is 0 Å². The Morgan fingerprint density at radius 3 is 1.94 bits per heavy atom. The Labute approximate surface area is 191 Å². The number of hydrogen-bond donors (Lipinski definition) is 2. The first-order valence-electron chi connectivity index (χ1n) is 11.2. The van der Waals surface area contributed by atoms with Crippen molar-refractivity contribution >= 4 is 28.9 Å². The van der Waals surface area contributed by atoms with Crippen LogP contribution in [-0.4, -0.2) is 24.2 Å². The molecule has 0 aliphatic carbocycles. The molecule has 0 unspecified atom stereocenters. The van der Waals surface area contributed by atoms with Gasteiger partial charge in [0, 0.05) is 11.3 Å². The van der Waals surface area contributed by atoms with Crippen LogP contribution < -0.4 is 20.1 Å². The lowest BCUT2D eigenvalue weighted by Gasteiger charge is -2.11. The standard InChI is InChI=1S/C25H34N2O3S/c1-3-5-7-8-9-19-30-22-14-10-20(11-15-22)24(28)27-25(31)26-21-12-16-23(17-13-21)29-18-6-4-2/h10-17H,3-9,18-19H2,1-2H3,(H2,26,27,28,31). The molecule has 0 spiro atoms. The summed E-state index contributed by atoms with van der Waals surface area (Å²) in [6, 6.07) is 14.6. The molecule has 0 saturated carbocycles. The minimum Gasteiger partial charge on any atom is -0.494 e. The summed E-state index contributed by atoms with van der Waals surface area (Å²) in [5, 5.41) is 5.97. The summed E-state index contributed by atoms with van der Waals surface area (Å²) in [6.07, 6.45) is 8.14. The van der Waals surface area contributed by atoms with Gasteiger partial charge in [-0.1, -0.05) is 46.0 Å². The molecule has 2 aromatic rings. The Kier molecular flexibility index (Phi) is 11.5. The number of rotatable bonds is 13. The highest BCUT2D eigenvalue weighted by molar-refractivity contribution is 7.80. The molecule has 5 nitrogen and oxygen atoms in total. The van der Waals surface area contributed by atoms with E-state index in [0.29, 0.717) is 18.8 Å². The average Bonchev–Trinajstić information content (AvgIpc) is 2.78. The van der Waals surface area contributed by atoms with E-state index in [9.17, 15) is 4.79 Å². The predicted octanol–water partition coefficient (Wildman–Crippen LogP) is 6.34. The molecule has 2 rings (SSSR count). The molecular weight excluding hydrogens is 408 g/mol. The Hall–Kier alpha value is -2.60. The van der Waals surface area contributed by atoms with Gasteiger partial charge in [0.2, 0.25) is 0 Å². The van der Waals surface area contributed by atoms with Gasteiger partial charge in [0.15, 0.2) is 5.11 Å². The van der Waals surface area contributed by atoms with Crippen LogP contribution in [0.2, 0.25) is 0 Å². The molecule has 2 N–H and O–H groups in total. The number of unbranched alkanes of at least 4 members (excludes halogenated alkanes) is 5. The van der Waals surface area contributed by atoms with Crippen LogP contribution >= 0.6 is 12.2 Å². The molecule has 6 heteroatoms. The van der Waals surface area contributed by atoms with Gasteiger partial charge in [0.25, 0.3) is 5.91 Å². The fraction of sp³-hybridized carbons (Fsp3) is 0.440. The van der Waals surface area contributed by atoms with Crippen LogP contribution in [0.25, 0.3) is 0 Å². The van der Waals surface area contributed by atoms with Gasteiger partial charge in [0.05, 0.1) is 13.2 Å². The van der Waals surface area contributed by atoms with E-state index in [1.54, 1.807) is 12.1 Å². The zero-order valence-electron chi connectivity index (χ0n) is 18.6. The number of carbonyl (C=O) groups is 1. The van der Waals surface area contributed by atoms with Gasteiger partial charge < -0.3 is 14.8 Å². The zero-order valence-corrected chi connectivity index (χ0v) is 19.4. The van der Waals surface area contributed by atoms with Crippen molar-refractivity contribution in [3.8, 4) is 11.5 Å². The number of hydrogen-bond acceptors (Lipinski definition) is 4. The number of amides is 1. The van der Waals surface area contributed by atoms with Crippen molar-refractivity contribution < 1.29 is 14.3 Å². The molecule has 0 aromatic heterocycles. The van der Waals surface area contributed by atoms with Gasteiger partial charge in [-0.3, -0.25) is 10.1 Å². The van der Waals surface area contributed by atoms with E-state index in [-0.39, 0.29) is 11.0 Å². The maximum atomic E-state index is 12.4. The van der Waals surface area contributed by atoms with Crippen molar-refractivity contribution in [2.45, 2.75) is 58.8 Å². The smallest absolute Gasteiger partial charge is 0.257 e. The molecule has 31 heavy (non-hydrogen) atoms. The van der Waals surface area contributed by atoms with E-state index >= 15 is 0 Å². The predicted molar refractivity (Wildman–Crippen MR) is 131 cm³/mol. The summed E-state index contributed by atoms with van der Waals surface area (Å²) < 4.78 is 11.4. The molecule has 0 aliphatic heterocycles. The topological polar surface area (TPSA) is 59.6 Å². The number of carbonyl (C=O) groups excluding carboxylic acids is 1. The highest BCUT2D eigenvalue weighted by Gasteiger charge is 2.08.